The number of piperidine rings is 1. The zero-order valence-electron chi connectivity index (χ0n) is 22.1. The first-order chi connectivity index (χ1) is 19.1. The first kappa shape index (κ1) is 25.6. The third kappa shape index (κ3) is 5.42. The van der Waals surface area contributed by atoms with Crippen LogP contribution in [0.3, 0.4) is 0 Å². The van der Waals surface area contributed by atoms with E-state index in [9.17, 15) is 4.39 Å². The molecule has 0 spiro atoms. The van der Waals surface area contributed by atoms with Crippen LogP contribution in [0.4, 0.5) is 4.39 Å². The van der Waals surface area contributed by atoms with E-state index in [1.807, 2.05) is 36.4 Å². The summed E-state index contributed by atoms with van der Waals surface area (Å²) in [6.07, 6.45) is 3.85. The molecule has 3 aromatic carbocycles. The summed E-state index contributed by atoms with van der Waals surface area (Å²) in [7, 11) is 0. The molecule has 0 unspecified atom stereocenters. The first-order valence-electron chi connectivity index (χ1n) is 13.8. The van der Waals surface area contributed by atoms with Gasteiger partial charge in [0.05, 0.1) is 11.2 Å². The molecule has 4 aromatic rings. The molecule has 39 heavy (non-hydrogen) atoms. The number of rotatable bonds is 8. The van der Waals surface area contributed by atoms with E-state index in [4.69, 9.17) is 9.47 Å². The predicted octanol–water partition coefficient (Wildman–Crippen LogP) is 5.81. The van der Waals surface area contributed by atoms with Gasteiger partial charge in [0.15, 0.2) is 0 Å². The summed E-state index contributed by atoms with van der Waals surface area (Å²) in [6, 6.07) is 21.5. The monoisotopic (exact) mass is 526 g/mol. The molecule has 2 aliphatic heterocycles. The van der Waals surface area contributed by atoms with Gasteiger partial charge in [-0.05, 0) is 92.4 Å². The van der Waals surface area contributed by atoms with E-state index in [-0.39, 0.29) is 17.3 Å². The molecule has 2 aliphatic rings. The third-order valence-electron chi connectivity index (χ3n) is 8.16. The first-order valence-corrected chi connectivity index (χ1v) is 13.8. The number of nitrogens with zero attached hydrogens (tertiary/aromatic N) is 1. The minimum Gasteiger partial charge on any atom is -0.490 e. The van der Waals surface area contributed by atoms with Crippen molar-refractivity contribution in [1.82, 2.24) is 20.8 Å². The molecule has 2 fully saturated rings. The maximum atomic E-state index is 14.8. The van der Waals surface area contributed by atoms with Crippen molar-refractivity contribution in [2.75, 3.05) is 32.8 Å². The fourth-order valence-corrected chi connectivity index (χ4v) is 5.79. The smallest absolute Gasteiger partial charge is 0.127 e. The number of halogens is 1. The van der Waals surface area contributed by atoms with Gasteiger partial charge in [0, 0.05) is 41.8 Å². The Labute approximate surface area is 228 Å². The molecule has 0 radical (unpaired) electrons. The van der Waals surface area contributed by atoms with Crippen molar-refractivity contribution in [3.63, 3.8) is 0 Å². The number of fused-ring (bicyclic) bond motifs is 1. The normalized spacial score (nSPS) is 17.7. The number of aromatic nitrogens is 2. The van der Waals surface area contributed by atoms with Crippen molar-refractivity contribution in [2.45, 2.75) is 37.2 Å². The Hall–Kier alpha value is -3.68. The van der Waals surface area contributed by atoms with E-state index in [1.54, 1.807) is 12.1 Å². The van der Waals surface area contributed by atoms with E-state index in [0.29, 0.717) is 19.8 Å². The lowest BCUT2D eigenvalue weighted by Gasteiger charge is -2.38. The summed E-state index contributed by atoms with van der Waals surface area (Å²) in [5, 5.41) is 15.7. The van der Waals surface area contributed by atoms with E-state index < -0.39 is 0 Å². The molecule has 0 bridgehead atoms. The molecule has 0 aliphatic carbocycles. The van der Waals surface area contributed by atoms with Crippen LogP contribution in [0.1, 0.15) is 36.8 Å². The topological polar surface area (TPSA) is 71.2 Å². The Balaban J connectivity index is 1.19. The lowest BCUT2D eigenvalue weighted by Crippen LogP contribution is -2.43. The van der Waals surface area contributed by atoms with Crippen LogP contribution in [0.25, 0.3) is 27.9 Å². The van der Waals surface area contributed by atoms with Gasteiger partial charge >= 0.3 is 0 Å². The highest BCUT2D eigenvalue weighted by Crippen LogP contribution is 2.36. The van der Waals surface area contributed by atoms with Crippen LogP contribution in [-0.4, -0.2) is 49.1 Å². The molecule has 3 N–H and O–H groups in total. The Bertz CT molecular complexity index is 1440. The molecule has 2 saturated heterocycles. The number of H-pyrrole nitrogens is 1. The molecule has 1 aromatic heterocycles. The highest BCUT2D eigenvalue weighted by atomic mass is 19.1. The van der Waals surface area contributed by atoms with Crippen LogP contribution in [0.15, 0.2) is 73.3 Å². The molecule has 0 amide bonds. The Morgan fingerprint density at radius 3 is 2.59 bits per heavy atom. The lowest BCUT2D eigenvalue weighted by atomic mass is 9.73. The number of aromatic amines is 1. The van der Waals surface area contributed by atoms with Crippen molar-refractivity contribution >= 4 is 16.6 Å². The fraction of sp³-hybridized carbons (Fsp3) is 0.344. The molecule has 3 heterocycles. The van der Waals surface area contributed by atoms with Crippen LogP contribution in [0.5, 0.6) is 5.75 Å². The molecule has 6 rings (SSSR count). The van der Waals surface area contributed by atoms with Gasteiger partial charge in [-0.3, -0.25) is 5.10 Å². The van der Waals surface area contributed by atoms with Gasteiger partial charge in [-0.25, -0.2) is 4.39 Å². The summed E-state index contributed by atoms with van der Waals surface area (Å²) in [4.78, 5) is 0. The van der Waals surface area contributed by atoms with Crippen molar-refractivity contribution in [3.05, 3.63) is 90.3 Å². The minimum atomic E-state index is -0.338. The summed E-state index contributed by atoms with van der Waals surface area (Å²) in [5.74, 6) is 0.726. The Kier molecular flexibility index (Phi) is 7.35. The van der Waals surface area contributed by atoms with Crippen molar-refractivity contribution in [3.8, 4) is 17.0 Å². The second-order valence-corrected chi connectivity index (χ2v) is 10.6. The van der Waals surface area contributed by atoms with E-state index in [0.717, 1.165) is 83.5 Å². The van der Waals surface area contributed by atoms with Crippen molar-refractivity contribution in [2.24, 2.45) is 0 Å². The Morgan fingerprint density at radius 1 is 1.05 bits per heavy atom. The molecular weight excluding hydrogens is 491 g/mol. The van der Waals surface area contributed by atoms with Gasteiger partial charge in [-0.1, -0.05) is 30.8 Å². The van der Waals surface area contributed by atoms with Crippen LogP contribution in [-0.2, 0) is 10.2 Å². The van der Waals surface area contributed by atoms with E-state index >= 15 is 0 Å². The lowest BCUT2D eigenvalue weighted by molar-refractivity contribution is 0.0500. The predicted molar refractivity (Wildman–Crippen MR) is 153 cm³/mol. The SMILES string of the molecule is C=C(NCC1(c2ccccc2F)CCOCC1)c1ccc2[nH]nc(-c3ccc(OC4CCNCC4)cc3)c2c1. The van der Waals surface area contributed by atoms with Gasteiger partial charge in [-0.2, -0.15) is 5.10 Å². The number of benzene rings is 3. The summed E-state index contributed by atoms with van der Waals surface area (Å²) >= 11 is 0. The quantitative estimate of drug-likeness (QED) is 0.270. The van der Waals surface area contributed by atoms with Crippen LogP contribution >= 0.6 is 0 Å². The van der Waals surface area contributed by atoms with E-state index in [1.165, 1.54) is 0 Å². The zero-order valence-corrected chi connectivity index (χ0v) is 22.1. The van der Waals surface area contributed by atoms with Crippen LogP contribution in [0, 0.1) is 5.82 Å². The van der Waals surface area contributed by atoms with Gasteiger partial charge < -0.3 is 20.1 Å². The second kappa shape index (κ2) is 11.2. The maximum absolute atomic E-state index is 14.8. The van der Waals surface area contributed by atoms with Gasteiger partial charge in [-0.15, -0.1) is 0 Å². The molecule has 7 heteroatoms. The van der Waals surface area contributed by atoms with Gasteiger partial charge in [0.2, 0.25) is 0 Å². The highest BCUT2D eigenvalue weighted by molar-refractivity contribution is 5.94. The van der Waals surface area contributed by atoms with Crippen LogP contribution in [0.2, 0.25) is 0 Å². The third-order valence-corrected chi connectivity index (χ3v) is 8.16. The molecule has 6 nitrogen and oxygen atoms in total. The van der Waals surface area contributed by atoms with E-state index in [2.05, 4.69) is 45.6 Å². The summed E-state index contributed by atoms with van der Waals surface area (Å²) in [6.45, 7) is 8.16. The van der Waals surface area contributed by atoms with Crippen molar-refractivity contribution < 1.29 is 13.9 Å². The second-order valence-electron chi connectivity index (χ2n) is 10.6. The minimum absolute atomic E-state index is 0.163. The molecule has 0 atom stereocenters. The largest absolute Gasteiger partial charge is 0.490 e. The molecule has 0 saturated carbocycles. The van der Waals surface area contributed by atoms with Gasteiger partial charge in [0.25, 0.3) is 0 Å². The highest BCUT2D eigenvalue weighted by Gasteiger charge is 2.36. The average Bonchev–Trinajstić information content (AvgIpc) is 3.41. The molecular formula is C32H35FN4O2. The summed E-state index contributed by atoms with van der Waals surface area (Å²) < 4.78 is 26.6. The fourth-order valence-electron chi connectivity index (χ4n) is 5.79. The summed E-state index contributed by atoms with van der Waals surface area (Å²) in [5.41, 5.74) is 5.06. The van der Waals surface area contributed by atoms with Crippen molar-refractivity contribution in [1.29, 1.82) is 0 Å². The molecule has 202 valence electrons. The standard InChI is InChI=1S/C32H35FN4O2/c1-22(35-21-32(14-18-38-19-15-32)28-4-2-3-5-29(28)33)24-8-11-30-27(20-24)31(37-36-30)23-6-9-25(10-7-23)39-26-12-16-34-17-13-26/h2-11,20,26,34-35H,1,12-19,21H2,(H,36,37). The van der Waals surface area contributed by atoms with Gasteiger partial charge in [0.1, 0.15) is 17.7 Å². The average molecular weight is 527 g/mol. The number of ether oxygens (including phenoxy) is 2. The number of hydrogen-bond donors (Lipinski definition) is 3. The zero-order chi connectivity index (χ0) is 26.7. The number of hydrogen-bond acceptors (Lipinski definition) is 5. The maximum Gasteiger partial charge on any atom is 0.127 e. The van der Waals surface area contributed by atoms with Crippen LogP contribution < -0.4 is 15.4 Å². The number of nitrogens with one attached hydrogen (secondary N) is 3. The Morgan fingerprint density at radius 2 is 1.82 bits per heavy atom.